The molecule has 0 aromatic rings. The lowest BCUT2D eigenvalue weighted by atomic mass is 10.5. The molecular weight excluding hydrogens is 210 g/mol. The van der Waals surface area contributed by atoms with Gasteiger partial charge in [-0.3, -0.25) is 4.57 Å². The lowest BCUT2D eigenvalue weighted by Crippen LogP contribution is -2.51. The number of rotatable bonds is 3. The van der Waals surface area contributed by atoms with Crippen molar-refractivity contribution in [3.63, 3.8) is 0 Å². The highest BCUT2D eigenvalue weighted by atomic mass is 28.4. The Labute approximate surface area is 89.7 Å². The number of hydrogen-bond acceptors (Lipinski definition) is 3. The van der Waals surface area contributed by atoms with E-state index >= 15 is 0 Å². The van der Waals surface area contributed by atoms with Crippen LogP contribution in [-0.4, -0.2) is 49.2 Å². The molecule has 0 N–H and O–H groups in total. The topological polar surface area (TPSA) is 21.7 Å². The van der Waals surface area contributed by atoms with Crippen molar-refractivity contribution in [3.05, 3.63) is 0 Å². The molecule has 0 spiro atoms. The van der Waals surface area contributed by atoms with Gasteiger partial charge in [-0.15, -0.1) is 0 Å². The maximum absolute atomic E-state index is 5.65. The largest absolute Gasteiger partial charge is 0.427 e. The molecule has 0 bridgehead atoms. The Hall–Kier alpha value is 0.314. The van der Waals surface area contributed by atoms with Crippen LogP contribution in [0.4, 0.5) is 0 Å². The van der Waals surface area contributed by atoms with Gasteiger partial charge < -0.3 is 8.85 Å². The van der Waals surface area contributed by atoms with Crippen LogP contribution in [0.3, 0.4) is 0 Å². The Morgan fingerprint density at radius 2 is 1.71 bits per heavy atom. The molecule has 1 aliphatic rings. The van der Waals surface area contributed by atoms with E-state index in [9.17, 15) is 0 Å². The zero-order valence-electron chi connectivity index (χ0n) is 10.3. The van der Waals surface area contributed by atoms with E-state index in [4.69, 9.17) is 8.85 Å². The lowest BCUT2D eigenvalue weighted by Gasteiger charge is -2.28. The van der Waals surface area contributed by atoms with E-state index in [2.05, 4.69) is 31.3 Å². The molecule has 1 rings (SSSR count). The Balaban J connectivity index is 2.77. The Morgan fingerprint density at radius 3 is 1.93 bits per heavy atom. The summed E-state index contributed by atoms with van der Waals surface area (Å²) in [6.45, 7) is 8.45. The SMILES string of the molecule is CO[Si]1(OC)CC([Si](C)(C)C)CN1C. The second-order valence-electron chi connectivity index (χ2n) is 5.27. The Bertz CT molecular complexity index is 201. The first-order valence-corrected chi connectivity index (χ1v) is 10.7. The summed E-state index contributed by atoms with van der Waals surface area (Å²) in [6.07, 6.45) is 0. The quantitative estimate of drug-likeness (QED) is 0.695. The minimum atomic E-state index is -1.99. The fourth-order valence-corrected chi connectivity index (χ4v) is 9.06. The van der Waals surface area contributed by atoms with Gasteiger partial charge in [-0.25, -0.2) is 0 Å². The monoisotopic (exact) mass is 233 g/mol. The molecule has 1 fully saturated rings. The van der Waals surface area contributed by atoms with Gasteiger partial charge in [0.15, 0.2) is 0 Å². The third-order valence-corrected chi connectivity index (χ3v) is 10.3. The molecule has 0 aromatic carbocycles. The summed E-state index contributed by atoms with van der Waals surface area (Å²) in [6, 6.07) is 1.15. The molecular formula is C9H23NO2Si2. The maximum atomic E-state index is 5.65. The van der Waals surface area contributed by atoms with Crippen LogP contribution in [0.25, 0.3) is 0 Å². The molecule has 3 nitrogen and oxygen atoms in total. The van der Waals surface area contributed by atoms with Crippen molar-refractivity contribution in [3.8, 4) is 0 Å². The lowest BCUT2D eigenvalue weighted by molar-refractivity contribution is 0.195. The van der Waals surface area contributed by atoms with E-state index < -0.39 is 16.8 Å². The molecule has 1 aliphatic heterocycles. The van der Waals surface area contributed by atoms with Gasteiger partial charge in [-0.05, 0) is 19.1 Å². The summed E-state index contributed by atoms with van der Waals surface area (Å²) in [5.74, 6) is 0. The molecule has 0 aromatic heterocycles. The molecule has 5 heteroatoms. The minimum Gasteiger partial charge on any atom is -0.386 e. The van der Waals surface area contributed by atoms with Gasteiger partial charge in [-0.2, -0.15) is 0 Å². The summed E-state index contributed by atoms with van der Waals surface area (Å²) in [5.41, 5.74) is 0.819. The third-order valence-electron chi connectivity index (χ3n) is 3.44. The molecule has 14 heavy (non-hydrogen) atoms. The van der Waals surface area contributed by atoms with Gasteiger partial charge in [-0.1, -0.05) is 19.6 Å². The summed E-state index contributed by atoms with van der Waals surface area (Å²) in [5, 5.41) is 0. The van der Waals surface area contributed by atoms with Crippen LogP contribution in [0.2, 0.25) is 31.2 Å². The Morgan fingerprint density at radius 1 is 1.21 bits per heavy atom. The molecule has 0 aliphatic carbocycles. The van der Waals surface area contributed by atoms with E-state index in [1.54, 1.807) is 14.2 Å². The van der Waals surface area contributed by atoms with Crippen LogP contribution in [0, 0.1) is 0 Å². The van der Waals surface area contributed by atoms with Gasteiger partial charge in [0, 0.05) is 28.3 Å². The van der Waals surface area contributed by atoms with Crippen LogP contribution in [0.1, 0.15) is 0 Å². The second-order valence-corrected chi connectivity index (χ2v) is 14.2. The van der Waals surface area contributed by atoms with Crippen molar-refractivity contribution in [1.82, 2.24) is 4.57 Å². The van der Waals surface area contributed by atoms with Crippen LogP contribution in [0.15, 0.2) is 0 Å². The molecule has 0 amide bonds. The highest BCUT2D eigenvalue weighted by molar-refractivity contribution is 6.80. The highest BCUT2D eigenvalue weighted by Gasteiger charge is 2.52. The first kappa shape index (κ1) is 12.4. The molecule has 1 unspecified atom stereocenters. The zero-order valence-corrected chi connectivity index (χ0v) is 12.3. The fourth-order valence-electron chi connectivity index (χ4n) is 2.14. The molecule has 84 valence electrons. The normalized spacial score (nSPS) is 28.3. The molecule has 0 radical (unpaired) electrons. The second kappa shape index (κ2) is 4.05. The third kappa shape index (κ3) is 2.11. The summed E-state index contributed by atoms with van der Waals surface area (Å²) in [7, 11) is 2.68. The maximum Gasteiger partial charge on any atom is 0.427 e. The number of nitrogens with zero attached hydrogens (tertiary/aromatic N) is 1. The first-order chi connectivity index (χ1) is 6.35. The predicted molar refractivity (Wildman–Crippen MR) is 64.3 cm³/mol. The van der Waals surface area contributed by atoms with E-state index in [0.29, 0.717) is 0 Å². The van der Waals surface area contributed by atoms with Crippen molar-refractivity contribution in [1.29, 1.82) is 0 Å². The Kier molecular flexibility index (Phi) is 3.59. The standard InChI is InChI=1S/C9H23NO2Si2/c1-10-7-9(13(4,5)6)8-14(10,11-2)12-3/h9H,7-8H2,1-6H3. The van der Waals surface area contributed by atoms with Crippen molar-refractivity contribution >= 4 is 16.8 Å². The summed E-state index contributed by atoms with van der Waals surface area (Å²) in [4.78, 5) is 0. The van der Waals surface area contributed by atoms with Crippen molar-refractivity contribution in [2.75, 3.05) is 27.8 Å². The van der Waals surface area contributed by atoms with Gasteiger partial charge in [0.2, 0.25) is 0 Å². The predicted octanol–water partition coefficient (Wildman–Crippen LogP) is 1.87. The van der Waals surface area contributed by atoms with E-state index in [1.165, 1.54) is 0 Å². The van der Waals surface area contributed by atoms with Crippen molar-refractivity contribution in [2.24, 2.45) is 0 Å². The van der Waals surface area contributed by atoms with Gasteiger partial charge in [0.05, 0.1) is 0 Å². The fraction of sp³-hybridized carbons (Fsp3) is 1.00. The minimum absolute atomic E-state index is 0.819. The molecule has 0 saturated carbocycles. The van der Waals surface area contributed by atoms with Crippen molar-refractivity contribution in [2.45, 2.75) is 31.2 Å². The average molecular weight is 233 g/mol. The highest BCUT2D eigenvalue weighted by Crippen LogP contribution is 2.39. The average Bonchev–Trinajstić information content (AvgIpc) is 2.43. The van der Waals surface area contributed by atoms with Crippen LogP contribution in [-0.2, 0) is 8.85 Å². The van der Waals surface area contributed by atoms with Gasteiger partial charge >= 0.3 is 8.72 Å². The number of hydrogen-bond donors (Lipinski definition) is 0. The van der Waals surface area contributed by atoms with Crippen LogP contribution in [0.5, 0.6) is 0 Å². The smallest absolute Gasteiger partial charge is 0.386 e. The van der Waals surface area contributed by atoms with Crippen molar-refractivity contribution < 1.29 is 8.85 Å². The first-order valence-electron chi connectivity index (χ1n) is 5.17. The zero-order chi connectivity index (χ0) is 11.0. The van der Waals surface area contributed by atoms with Crippen LogP contribution >= 0.6 is 0 Å². The van der Waals surface area contributed by atoms with E-state index in [0.717, 1.165) is 18.1 Å². The van der Waals surface area contributed by atoms with Crippen LogP contribution < -0.4 is 0 Å². The van der Waals surface area contributed by atoms with Gasteiger partial charge in [0.25, 0.3) is 0 Å². The summed E-state index contributed by atoms with van der Waals surface area (Å²) < 4.78 is 13.6. The van der Waals surface area contributed by atoms with Gasteiger partial charge in [0.1, 0.15) is 0 Å². The van der Waals surface area contributed by atoms with E-state index in [1.807, 2.05) is 0 Å². The van der Waals surface area contributed by atoms with E-state index in [-0.39, 0.29) is 0 Å². The molecule has 1 saturated heterocycles. The molecule has 1 atom stereocenters. The molecule has 1 heterocycles. The summed E-state index contributed by atoms with van der Waals surface area (Å²) >= 11 is 0.